The molecular weight excluding hydrogens is 190 g/mol. The van der Waals surface area contributed by atoms with Crippen molar-refractivity contribution in [3.63, 3.8) is 0 Å². The van der Waals surface area contributed by atoms with Gasteiger partial charge in [-0.1, -0.05) is 19.9 Å². The lowest BCUT2D eigenvalue weighted by molar-refractivity contribution is -0.145. The average molecular weight is 213 g/mol. The molecule has 0 aliphatic carbocycles. The van der Waals surface area contributed by atoms with Gasteiger partial charge in [0.2, 0.25) is 0 Å². The number of hydrogen-bond acceptors (Lipinski definition) is 3. The largest absolute Gasteiger partial charge is 0.446 e. The molecule has 0 fully saturated rings. The molecule has 0 aromatic heterocycles. The highest BCUT2D eigenvalue weighted by Gasteiger charge is 2.23. The first-order valence-electron chi connectivity index (χ1n) is 5.52. The van der Waals surface area contributed by atoms with Crippen LogP contribution >= 0.6 is 0 Å². The van der Waals surface area contributed by atoms with Crippen LogP contribution in [0.15, 0.2) is 12.2 Å². The van der Waals surface area contributed by atoms with Crippen LogP contribution in [0.1, 0.15) is 41.0 Å². The zero-order chi connectivity index (χ0) is 11.9. The zero-order valence-corrected chi connectivity index (χ0v) is 10.5. The summed E-state index contributed by atoms with van der Waals surface area (Å²) in [5.74, 6) is -0.275. The SMILES string of the molecule is C/C=C\C(=O)OCN(CC)C(C)(C)CC. The number of esters is 1. The number of allylic oxidation sites excluding steroid dienone is 1. The second kappa shape index (κ2) is 6.62. The molecule has 0 saturated heterocycles. The average Bonchev–Trinajstić information content (AvgIpc) is 2.19. The highest BCUT2D eigenvalue weighted by atomic mass is 16.5. The lowest BCUT2D eigenvalue weighted by atomic mass is 10.0. The number of nitrogens with zero attached hydrogens (tertiary/aromatic N) is 1. The van der Waals surface area contributed by atoms with Gasteiger partial charge in [0.25, 0.3) is 0 Å². The van der Waals surface area contributed by atoms with Gasteiger partial charge in [-0.05, 0) is 33.7 Å². The highest BCUT2D eigenvalue weighted by molar-refractivity contribution is 5.81. The van der Waals surface area contributed by atoms with Crippen LogP contribution in [0.3, 0.4) is 0 Å². The molecule has 0 aliphatic rings. The van der Waals surface area contributed by atoms with Crippen molar-refractivity contribution in [2.24, 2.45) is 0 Å². The third kappa shape index (κ3) is 4.98. The number of ether oxygens (including phenoxy) is 1. The third-order valence-electron chi connectivity index (χ3n) is 2.77. The number of carbonyl (C=O) groups excluding carboxylic acids is 1. The summed E-state index contributed by atoms with van der Waals surface area (Å²) in [6.45, 7) is 11.6. The fourth-order valence-corrected chi connectivity index (χ4v) is 1.24. The van der Waals surface area contributed by atoms with E-state index in [0.29, 0.717) is 6.73 Å². The molecule has 0 aromatic rings. The standard InChI is InChI=1S/C12H23NO2/c1-6-9-11(14)15-10-13(8-3)12(4,5)7-2/h6,9H,7-8,10H2,1-5H3/b9-6-. The Hall–Kier alpha value is -0.830. The summed E-state index contributed by atoms with van der Waals surface area (Å²) in [5, 5.41) is 0. The van der Waals surface area contributed by atoms with Gasteiger partial charge in [0.1, 0.15) is 6.73 Å². The molecular formula is C12H23NO2. The van der Waals surface area contributed by atoms with Crippen LogP contribution in [0.4, 0.5) is 0 Å². The van der Waals surface area contributed by atoms with Crippen LogP contribution in [0.5, 0.6) is 0 Å². The molecule has 0 N–H and O–H groups in total. The minimum absolute atomic E-state index is 0.0744. The molecule has 0 bridgehead atoms. The Labute approximate surface area is 93.1 Å². The van der Waals surface area contributed by atoms with Gasteiger partial charge < -0.3 is 4.74 Å². The zero-order valence-electron chi connectivity index (χ0n) is 10.5. The van der Waals surface area contributed by atoms with Crippen molar-refractivity contribution < 1.29 is 9.53 Å². The van der Waals surface area contributed by atoms with Gasteiger partial charge in [-0.15, -0.1) is 0 Å². The van der Waals surface area contributed by atoms with Crippen LogP contribution in [0.2, 0.25) is 0 Å². The first-order valence-corrected chi connectivity index (χ1v) is 5.52. The third-order valence-corrected chi connectivity index (χ3v) is 2.77. The van der Waals surface area contributed by atoms with Crippen LogP contribution in [0.25, 0.3) is 0 Å². The molecule has 88 valence electrons. The van der Waals surface area contributed by atoms with Crippen molar-refractivity contribution in [3.8, 4) is 0 Å². The topological polar surface area (TPSA) is 29.5 Å². The van der Waals surface area contributed by atoms with Crippen molar-refractivity contribution in [2.45, 2.75) is 46.6 Å². The van der Waals surface area contributed by atoms with Crippen molar-refractivity contribution in [1.29, 1.82) is 0 Å². The van der Waals surface area contributed by atoms with Gasteiger partial charge in [-0.2, -0.15) is 0 Å². The Bertz CT molecular complexity index is 222. The number of carbonyl (C=O) groups is 1. The summed E-state index contributed by atoms with van der Waals surface area (Å²) in [6.07, 6.45) is 4.15. The maximum absolute atomic E-state index is 11.1. The first kappa shape index (κ1) is 14.2. The second-order valence-electron chi connectivity index (χ2n) is 4.11. The van der Waals surface area contributed by atoms with E-state index in [-0.39, 0.29) is 11.5 Å². The van der Waals surface area contributed by atoms with Gasteiger partial charge in [-0.25, -0.2) is 4.79 Å². The molecule has 0 rings (SSSR count). The maximum Gasteiger partial charge on any atom is 0.331 e. The maximum atomic E-state index is 11.1. The highest BCUT2D eigenvalue weighted by Crippen LogP contribution is 2.17. The molecule has 0 atom stereocenters. The van der Waals surface area contributed by atoms with Gasteiger partial charge >= 0.3 is 5.97 Å². The van der Waals surface area contributed by atoms with E-state index in [4.69, 9.17) is 4.74 Å². The van der Waals surface area contributed by atoms with Crippen molar-refractivity contribution in [1.82, 2.24) is 4.90 Å². The van der Waals surface area contributed by atoms with Crippen LogP contribution < -0.4 is 0 Å². The molecule has 0 saturated carbocycles. The Balaban J connectivity index is 4.17. The quantitative estimate of drug-likeness (QED) is 0.386. The fourth-order valence-electron chi connectivity index (χ4n) is 1.24. The summed E-state index contributed by atoms with van der Waals surface area (Å²) < 4.78 is 5.12. The van der Waals surface area contributed by atoms with Gasteiger partial charge in [0.15, 0.2) is 0 Å². The second-order valence-corrected chi connectivity index (χ2v) is 4.11. The van der Waals surface area contributed by atoms with Crippen LogP contribution in [-0.2, 0) is 9.53 Å². The molecule has 0 amide bonds. The van der Waals surface area contributed by atoms with E-state index in [1.54, 1.807) is 13.0 Å². The lowest BCUT2D eigenvalue weighted by Gasteiger charge is -2.36. The van der Waals surface area contributed by atoms with E-state index < -0.39 is 0 Å². The fraction of sp³-hybridized carbons (Fsp3) is 0.750. The molecule has 3 nitrogen and oxygen atoms in total. The van der Waals surface area contributed by atoms with E-state index in [2.05, 4.69) is 32.6 Å². The molecule has 3 heteroatoms. The Morgan fingerprint density at radius 3 is 2.40 bits per heavy atom. The molecule has 0 radical (unpaired) electrons. The monoisotopic (exact) mass is 213 g/mol. The Morgan fingerprint density at radius 1 is 1.40 bits per heavy atom. The Kier molecular flexibility index (Phi) is 6.25. The van der Waals surface area contributed by atoms with Crippen molar-refractivity contribution in [3.05, 3.63) is 12.2 Å². The molecule has 0 heterocycles. The Morgan fingerprint density at radius 2 is 2.00 bits per heavy atom. The summed E-state index contributed by atoms with van der Waals surface area (Å²) in [5.41, 5.74) is 0.0744. The van der Waals surface area contributed by atoms with Gasteiger partial charge in [0.05, 0.1) is 0 Å². The molecule has 0 aromatic carbocycles. The molecule has 0 aliphatic heterocycles. The summed E-state index contributed by atoms with van der Waals surface area (Å²) in [7, 11) is 0. The van der Waals surface area contributed by atoms with E-state index in [1.807, 2.05) is 0 Å². The minimum Gasteiger partial charge on any atom is -0.446 e. The van der Waals surface area contributed by atoms with E-state index in [1.165, 1.54) is 6.08 Å². The van der Waals surface area contributed by atoms with E-state index >= 15 is 0 Å². The molecule has 15 heavy (non-hydrogen) atoms. The predicted molar refractivity (Wildman–Crippen MR) is 62.5 cm³/mol. The first-order chi connectivity index (χ1) is 6.97. The number of hydrogen-bond donors (Lipinski definition) is 0. The molecule has 0 spiro atoms. The summed E-state index contributed by atoms with van der Waals surface area (Å²) >= 11 is 0. The molecule has 0 unspecified atom stereocenters. The summed E-state index contributed by atoms with van der Waals surface area (Å²) in [6, 6.07) is 0. The minimum atomic E-state index is -0.275. The lowest BCUT2D eigenvalue weighted by Crippen LogP contribution is -2.44. The van der Waals surface area contributed by atoms with E-state index in [0.717, 1.165) is 13.0 Å². The van der Waals surface area contributed by atoms with Gasteiger partial charge in [0, 0.05) is 11.6 Å². The van der Waals surface area contributed by atoms with Crippen molar-refractivity contribution >= 4 is 5.97 Å². The predicted octanol–water partition coefficient (Wildman–Crippen LogP) is 2.57. The van der Waals surface area contributed by atoms with Gasteiger partial charge in [-0.3, -0.25) is 4.90 Å². The normalized spacial score (nSPS) is 12.4. The van der Waals surface area contributed by atoms with E-state index in [9.17, 15) is 4.79 Å². The van der Waals surface area contributed by atoms with Crippen molar-refractivity contribution in [2.75, 3.05) is 13.3 Å². The van der Waals surface area contributed by atoms with Crippen LogP contribution in [0, 0.1) is 0 Å². The summed E-state index contributed by atoms with van der Waals surface area (Å²) in [4.78, 5) is 13.3. The smallest absolute Gasteiger partial charge is 0.331 e. The number of rotatable bonds is 6. The van der Waals surface area contributed by atoms with Crippen LogP contribution in [-0.4, -0.2) is 29.7 Å².